The van der Waals surface area contributed by atoms with E-state index in [-0.39, 0.29) is 5.92 Å². The number of para-hydroxylation sites is 2. The summed E-state index contributed by atoms with van der Waals surface area (Å²) in [6.45, 7) is 0. The molecule has 1 unspecified atom stereocenters. The van der Waals surface area contributed by atoms with Gasteiger partial charge in [0.1, 0.15) is 11.5 Å². The molecule has 3 heterocycles. The molecular formula is C58H37N3O. The number of fused-ring (bicyclic) bond motifs is 9. The van der Waals surface area contributed by atoms with E-state index in [4.69, 9.17) is 14.7 Å². The SMILES string of the molecule is c1ccc(-c2cc(C3Cc4ccccc4-c4cc(-c5ccc6c(c5)-c5cccc7c5c(cc5c7c7ccccc7n5-c5ccccc5)O6)ccc43)nc(-c3ccccc3)n2)cc1. The Bertz CT molecular complexity index is 3520. The maximum atomic E-state index is 6.89. The minimum Gasteiger partial charge on any atom is -0.456 e. The fourth-order valence-corrected chi connectivity index (χ4v) is 10.1. The number of benzene rings is 9. The van der Waals surface area contributed by atoms with Gasteiger partial charge < -0.3 is 9.30 Å². The number of hydrogen-bond donors (Lipinski definition) is 0. The molecule has 0 saturated heterocycles. The Hall–Kier alpha value is -8.08. The molecule has 290 valence electrons. The van der Waals surface area contributed by atoms with Crippen molar-refractivity contribution in [1.82, 2.24) is 14.5 Å². The predicted octanol–water partition coefficient (Wildman–Crippen LogP) is 14.9. The smallest absolute Gasteiger partial charge is 0.160 e. The number of ether oxygens (including phenoxy) is 1. The van der Waals surface area contributed by atoms with Crippen molar-refractivity contribution in [3.8, 4) is 73.2 Å². The lowest BCUT2D eigenvalue weighted by Crippen LogP contribution is -2.15. The molecule has 2 aliphatic rings. The Morgan fingerprint density at radius 3 is 1.95 bits per heavy atom. The van der Waals surface area contributed by atoms with Gasteiger partial charge in [0.15, 0.2) is 5.82 Å². The molecule has 0 saturated carbocycles. The first-order valence-corrected chi connectivity index (χ1v) is 21.3. The van der Waals surface area contributed by atoms with E-state index in [9.17, 15) is 0 Å². The van der Waals surface area contributed by atoms with Gasteiger partial charge in [-0.3, -0.25) is 0 Å². The highest BCUT2D eigenvalue weighted by atomic mass is 16.5. The minimum absolute atomic E-state index is 0.0533. The predicted molar refractivity (Wildman–Crippen MR) is 253 cm³/mol. The molecule has 0 radical (unpaired) electrons. The second-order valence-corrected chi connectivity index (χ2v) is 16.4. The first kappa shape index (κ1) is 34.8. The zero-order chi connectivity index (χ0) is 40.7. The number of nitrogens with zero attached hydrogens (tertiary/aromatic N) is 3. The van der Waals surface area contributed by atoms with Gasteiger partial charge in [0.2, 0.25) is 0 Å². The molecular weight excluding hydrogens is 755 g/mol. The van der Waals surface area contributed by atoms with E-state index in [2.05, 4.69) is 205 Å². The largest absolute Gasteiger partial charge is 0.456 e. The summed E-state index contributed by atoms with van der Waals surface area (Å²) in [5.74, 6) is 2.55. The second kappa shape index (κ2) is 13.7. The van der Waals surface area contributed by atoms with Crippen LogP contribution in [0.5, 0.6) is 11.5 Å². The van der Waals surface area contributed by atoms with Crippen molar-refractivity contribution < 1.29 is 4.74 Å². The summed E-state index contributed by atoms with van der Waals surface area (Å²) in [6.07, 6.45) is 0.860. The summed E-state index contributed by atoms with van der Waals surface area (Å²) < 4.78 is 9.26. The van der Waals surface area contributed by atoms with Gasteiger partial charge in [-0.1, -0.05) is 158 Å². The van der Waals surface area contributed by atoms with Crippen LogP contribution in [0.3, 0.4) is 0 Å². The first-order chi connectivity index (χ1) is 30.7. The van der Waals surface area contributed by atoms with E-state index < -0.39 is 0 Å². The third-order valence-corrected chi connectivity index (χ3v) is 13.0. The quantitative estimate of drug-likeness (QED) is 0.174. The van der Waals surface area contributed by atoms with Gasteiger partial charge in [-0.15, -0.1) is 0 Å². The molecule has 13 rings (SSSR count). The minimum atomic E-state index is 0.0533. The van der Waals surface area contributed by atoms with Crippen LogP contribution < -0.4 is 4.74 Å². The zero-order valence-electron chi connectivity index (χ0n) is 33.7. The molecule has 0 spiro atoms. The highest BCUT2D eigenvalue weighted by molar-refractivity contribution is 6.25. The van der Waals surface area contributed by atoms with Crippen molar-refractivity contribution in [2.24, 2.45) is 0 Å². The summed E-state index contributed by atoms with van der Waals surface area (Å²) in [4.78, 5) is 10.4. The molecule has 1 atom stereocenters. The van der Waals surface area contributed by atoms with Gasteiger partial charge in [-0.05, 0) is 93.2 Å². The standard InChI is InChI=1S/C58H37N3O/c1-4-15-36(16-5-1)50-34-51(60-58(59-50)37-17-6-2-7-18-37)48-33-40-19-10-11-22-42(40)47-31-38(27-29-43(47)48)39-28-30-54-49(32-39)44-24-14-25-46-56-45-23-12-13-26-52(45)61(41-20-8-3-9-21-41)53(56)35-55(62-54)57(44)46/h1-32,34-35,48H,33H2. The molecule has 11 aromatic rings. The molecule has 0 amide bonds. The maximum Gasteiger partial charge on any atom is 0.160 e. The van der Waals surface area contributed by atoms with E-state index in [1.54, 1.807) is 0 Å². The summed E-state index contributed by atoms with van der Waals surface area (Å²) in [5.41, 5.74) is 17.2. The highest BCUT2D eigenvalue weighted by Crippen LogP contribution is 2.52. The lowest BCUT2D eigenvalue weighted by molar-refractivity contribution is 0.487. The third kappa shape index (κ3) is 5.40. The van der Waals surface area contributed by atoms with Crippen molar-refractivity contribution in [2.45, 2.75) is 12.3 Å². The average molecular weight is 792 g/mol. The van der Waals surface area contributed by atoms with E-state index >= 15 is 0 Å². The van der Waals surface area contributed by atoms with E-state index in [0.717, 1.165) is 74.0 Å². The van der Waals surface area contributed by atoms with E-state index in [1.807, 2.05) is 6.07 Å². The molecule has 4 nitrogen and oxygen atoms in total. The van der Waals surface area contributed by atoms with Crippen molar-refractivity contribution in [1.29, 1.82) is 0 Å². The molecule has 4 heteroatoms. The van der Waals surface area contributed by atoms with Crippen LogP contribution >= 0.6 is 0 Å². The van der Waals surface area contributed by atoms with Crippen LogP contribution in [-0.2, 0) is 6.42 Å². The summed E-state index contributed by atoms with van der Waals surface area (Å²) in [7, 11) is 0. The van der Waals surface area contributed by atoms with Gasteiger partial charge >= 0.3 is 0 Å². The average Bonchev–Trinajstić information content (AvgIpc) is 3.68. The van der Waals surface area contributed by atoms with E-state index in [0.29, 0.717) is 0 Å². The van der Waals surface area contributed by atoms with Gasteiger partial charge in [-0.25, -0.2) is 9.97 Å². The molecule has 9 aromatic carbocycles. The van der Waals surface area contributed by atoms with Crippen LogP contribution in [-0.4, -0.2) is 14.5 Å². The molecule has 1 aliphatic heterocycles. The molecule has 2 aromatic heterocycles. The summed E-state index contributed by atoms with van der Waals surface area (Å²) >= 11 is 0. The molecule has 62 heavy (non-hydrogen) atoms. The lowest BCUT2D eigenvalue weighted by Gasteiger charge is -2.29. The van der Waals surface area contributed by atoms with Crippen LogP contribution in [0, 0.1) is 0 Å². The Labute approximate surface area is 359 Å². The molecule has 0 N–H and O–H groups in total. The van der Waals surface area contributed by atoms with Crippen LogP contribution in [0.15, 0.2) is 206 Å². The van der Waals surface area contributed by atoms with Gasteiger partial charge in [-0.2, -0.15) is 0 Å². The first-order valence-electron chi connectivity index (χ1n) is 21.3. The highest BCUT2D eigenvalue weighted by Gasteiger charge is 2.30. The van der Waals surface area contributed by atoms with Crippen LogP contribution in [0.4, 0.5) is 0 Å². The fraction of sp³-hybridized carbons (Fsp3) is 0.0345. The summed E-state index contributed by atoms with van der Waals surface area (Å²) in [6, 6.07) is 73.8. The number of rotatable bonds is 5. The Balaban J connectivity index is 0.951. The number of aromatic nitrogens is 3. The van der Waals surface area contributed by atoms with Crippen molar-refractivity contribution >= 4 is 32.6 Å². The Morgan fingerprint density at radius 1 is 0.435 bits per heavy atom. The second-order valence-electron chi connectivity index (χ2n) is 16.4. The third-order valence-electron chi connectivity index (χ3n) is 13.0. The fourth-order valence-electron chi connectivity index (χ4n) is 10.1. The Morgan fingerprint density at radius 2 is 1.11 bits per heavy atom. The monoisotopic (exact) mass is 791 g/mol. The normalized spacial score (nSPS) is 13.7. The van der Waals surface area contributed by atoms with Crippen molar-refractivity contribution in [3.63, 3.8) is 0 Å². The number of hydrogen-bond acceptors (Lipinski definition) is 3. The topological polar surface area (TPSA) is 39.9 Å². The molecule has 1 aliphatic carbocycles. The van der Waals surface area contributed by atoms with Crippen molar-refractivity contribution in [2.75, 3.05) is 0 Å². The Kier molecular flexibility index (Phi) is 7.70. The van der Waals surface area contributed by atoms with Crippen molar-refractivity contribution in [3.05, 3.63) is 223 Å². The van der Waals surface area contributed by atoms with E-state index in [1.165, 1.54) is 55.1 Å². The lowest BCUT2D eigenvalue weighted by atomic mass is 9.76. The molecule has 0 fully saturated rings. The molecule has 0 bridgehead atoms. The van der Waals surface area contributed by atoms with Crippen LogP contribution in [0.25, 0.3) is 94.3 Å². The van der Waals surface area contributed by atoms with Crippen LogP contribution in [0.1, 0.15) is 22.7 Å². The zero-order valence-corrected chi connectivity index (χ0v) is 33.7. The van der Waals surface area contributed by atoms with Gasteiger partial charge in [0, 0.05) is 50.5 Å². The summed E-state index contributed by atoms with van der Waals surface area (Å²) in [5, 5.41) is 4.82. The maximum absolute atomic E-state index is 6.89. The van der Waals surface area contributed by atoms with Crippen LogP contribution in [0.2, 0.25) is 0 Å². The van der Waals surface area contributed by atoms with Gasteiger partial charge in [0.05, 0.1) is 22.4 Å². The van der Waals surface area contributed by atoms with Gasteiger partial charge in [0.25, 0.3) is 0 Å².